The zero-order valence-electron chi connectivity index (χ0n) is 11.8. The van der Waals surface area contributed by atoms with Crippen molar-refractivity contribution in [3.05, 3.63) is 18.2 Å². The SMILES string of the molecule is COc1ccc(S(=O)(=O)NCCC(C)S(C)=O)cc1N. The third-order valence-electron chi connectivity index (χ3n) is 2.92. The molecule has 20 heavy (non-hydrogen) atoms. The van der Waals surface area contributed by atoms with Crippen LogP contribution in [0.1, 0.15) is 13.3 Å². The molecular formula is C12H20N2O4S2. The molecule has 1 aromatic rings. The van der Waals surface area contributed by atoms with Crippen molar-refractivity contribution in [1.29, 1.82) is 0 Å². The van der Waals surface area contributed by atoms with Gasteiger partial charge in [0.15, 0.2) is 0 Å². The van der Waals surface area contributed by atoms with Crippen molar-refractivity contribution in [1.82, 2.24) is 4.72 Å². The summed E-state index contributed by atoms with van der Waals surface area (Å²) in [5, 5.41) is -0.0568. The van der Waals surface area contributed by atoms with Gasteiger partial charge in [-0.2, -0.15) is 0 Å². The lowest BCUT2D eigenvalue weighted by atomic mass is 10.3. The quantitative estimate of drug-likeness (QED) is 0.721. The smallest absolute Gasteiger partial charge is 0.240 e. The molecule has 0 aliphatic carbocycles. The van der Waals surface area contributed by atoms with Crippen LogP contribution in [0.3, 0.4) is 0 Å². The Morgan fingerprint density at radius 3 is 2.60 bits per heavy atom. The number of hydrogen-bond acceptors (Lipinski definition) is 5. The van der Waals surface area contributed by atoms with E-state index < -0.39 is 20.8 Å². The Hall–Kier alpha value is -1.12. The molecule has 114 valence electrons. The summed E-state index contributed by atoms with van der Waals surface area (Å²) in [5.41, 5.74) is 5.95. The van der Waals surface area contributed by atoms with E-state index in [0.29, 0.717) is 12.2 Å². The summed E-state index contributed by atoms with van der Waals surface area (Å²) < 4.78 is 42.7. The van der Waals surface area contributed by atoms with Crippen molar-refractivity contribution in [3.8, 4) is 5.75 Å². The van der Waals surface area contributed by atoms with Crippen molar-refractivity contribution in [2.45, 2.75) is 23.5 Å². The Morgan fingerprint density at radius 1 is 1.45 bits per heavy atom. The summed E-state index contributed by atoms with van der Waals surface area (Å²) in [6.07, 6.45) is 2.11. The van der Waals surface area contributed by atoms with Crippen LogP contribution in [-0.2, 0) is 20.8 Å². The van der Waals surface area contributed by atoms with Gasteiger partial charge in [-0.15, -0.1) is 0 Å². The molecule has 0 aliphatic heterocycles. The molecule has 3 N–H and O–H groups in total. The second-order valence-corrected chi connectivity index (χ2v) is 7.97. The fourth-order valence-corrected chi connectivity index (χ4v) is 3.06. The number of methoxy groups -OCH3 is 1. The van der Waals surface area contributed by atoms with Crippen molar-refractivity contribution in [2.75, 3.05) is 25.6 Å². The summed E-state index contributed by atoms with van der Waals surface area (Å²) in [6, 6.07) is 4.29. The topological polar surface area (TPSA) is 98.5 Å². The van der Waals surface area contributed by atoms with Gasteiger partial charge in [0.1, 0.15) is 5.75 Å². The van der Waals surface area contributed by atoms with E-state index in [2.05, 4.69) is 4.72 Å². The second kappa shape index (κ2) is 7.05. The van der Waals surface area contributed by atoms with Crippen molar-refractivity contribution in [2.24, 2.45) is 0 Å². The first kappa shape index (κ1) is 16.9. The number of benzene rings is 1. The summed E-state index contributed by atoms with van der Waals surface area (Å²) in [4.78, 5) is 0.0843. The number of nitrogen functional groups attached to an aromatic ring is 1. The van der Waals surface area contributed by atoms with Crippen LogP contribution in [0, 0.1) is 0 Å². The van der Waals surface area contributed by atoms with Crippen LogP contribution in [0.4, 0.5) is 5.69 Å². The highest BCUT2D eigenvalue weighted by atomic mass is 32.2. The first-order chi connectivity index (χ1) is 9.27. The predicted molar refractivity (Wildman–Crippen MR) is 80.7 cm³/mol. The second-order valence-electron chi connectivity index (χ2n) is 4.40. The molecule has 2 atom stereocenters. The highest BCUT2D eigenvalue weighted by Gasteiger charge is 2.16. The van der Waals surface area contributed by atoms with E-state index in [4.69, 9.17) is 10.5 Å². The third-order valence-corrected chi connectivity index (χ3v) is 5.75. The normalized spacial score (nSPS) is 14.8. The number of sulfonamides is 1. The predicted octanol–water partition coefficient (Wildman–Crippen LogP) is 0.713. The van der Waals surface area contributed by atoms with Crippen LogP contribution in [0.25, 0.3) is 0 Å². The van der Waals surface area contributed by atoms with E-state index in [1.165, 1.54) is 25.3 Å². The van der Waals surface area contributed by atoms with Gasteiger partial charge in [-0.05, 0) is 24.6 Å². The number of ether oxygens (including phenoxy) is 1. The van der Waals surface area contributed by atoms with Gasteiger partial charge in [-0.1, -0.05) is 6.92 Å². The molecule has 0 saturated heterocycles. The van der Waals surface area contributed by atoms with Crippen molar-refractivity contribution >= 4 is 26.5 Å². The lowest BCUT2D eigenvalue weighted by Gasteiger charge is -2.11. The molecule has 2 unspecified atom stereocenters. The number of nitrogens with two attached hydrogens (primary N) is 1. The lowest BCUT2D eigenvalue weighted by Crippen LogP contribution is -2.27. The molecule has 0 radical (unpaired) electrons. The van der Waals surface area contributed by atoms with Crippen LogP contribution in [0.5, 0.6) is 5.75 Å². The van der Waals surface area contributed by atoms with Crippen molar-refractivity contribution < 1.29 is 17.4 Å². The Morgan fingerprint density at radius 2 is 2.10 bits per heavy atom. The van der Waals surface area contributed by atoms with Crippen LogP contribution >= 0.6 is 0 Å². The van der Waals surface area contributed by atoms with Crippen molar-refractivity contribution in [3.63, 3.8) is 0 Å². The molecule has 6 nitrogen and oxygen atoms in total. The molecule has 0 aromatic heterocycles. The maximum absolute atomic E-state index is 12.1. The minimum atomic E-state index is -3.61. The lowest BCUT2D eigenvalue weighted by molar-refractivity contribution is 0.416. The maximum atomic E-state index is 12.1. The van der Waals surface area contributed by atoms with Gasteiger partial charge in [0, 0.05) is 28.9 Å². The first-order valence-electron chi connectivity index (χ1n) is 6.03. The van der Waals surface area contributed by atoms with E-state index in [1.54, 1.807) is 6.26 Å². The minimum Gasteiger partial charge on any atom is -0.495 e. The molecule has 1 rings (SSSR count). The van der Waals surface area contributed by atoms with Crippen LogP contribution in [0.2, 0.25) is 0 Å². The molecule has 0 amide bonds. The number of rotatable bonds is 7. The fourth-order valence-electron chi connectivity index (χ4n) is 1.53. The summed E-state index contributed by atoms with van der Waals surface area (Å²) in [7, 11) is -3.11. The highest BCUT2D eigenvalue weighted by molar-refractivity contribution is 7.89. The molecule has 1 aromatic carbocycles. The van der Waals surface area contributed by atoms with E-state index >= 15 is 0 Å². The Bertz CT molecular complexity index is 587. The van der Waals surface area contributed by atoms with Gasteiger partial charge >= 0.3 is 0 Å². The summed E-state index contributed by atoms with van der Waals surface area (Å²) in [6.45, 7) is 2.05. The van der Waals surface area contributed by atoms with E-state index in [-0.39, 0.29) is 22.4 Å². The molecule has 0 spiro atoms. The van der Waals surface area contributed by atoms with Gasteiger partial charge in [-0.25, -0.2) is 13.1 Å². The average molecular weight is 320 g/mol. The molecular weight excluding hydrogens is 300 g/mol. The van der Waals surface area contributed by atoms with Crippen LogP contribution in [0.15, 0.2) is 23.1 Å². The molecule has 0 saturated carbocycles. The standard InChI is InChI=1S/C12H20N2O4S2/c1-9(19(3)15)6-7-14-20(16,17)10-4-5-12(18-2)11(13)8-10/h4-5,8-9,14H,6-7,13H2,1-3H3. The van der Waals surface area contributed by atoms with E-state index in [0.717, 1.165) is 0 Å². The Labute approximate surface area is 122 Å². The Kier molecular flexibility index (Phi) is 5.97. The molecule has 0 heterocycles. The zero-order valence-corrected chi connectivity index (χ0v) is 13.4. The summed E-state index contributed by atoms with van der Waals surface area (Å²) in [5.74, 6) is 0.430. The summed E-state index contributed by atoms with van der Waals surface area (Å²) >= 11 is 0. The largest absolute Gasteiger partial charge is 0.495 e. The van der Waals surface area contributed by atoms with Gasteiger partial charge in [0.25, 0.3) is 0 Å². The van der Waals surface area contributed by atoms with E-state index in [9.17, 15) is 12.6 Å². The first-order valence-corrected chi connectivity index (χ1v) is 9.13. The third kappa shape index (κ3) is 4.46. The zero-order chi connectivity index (χ0) is 15.3. The molecule has 0 aliphatic rings. The molecule has 0 bridgehead atoms. The minimum absolute atomic E-state index is 0.0568. The average Bonchev–Trinajstić information content (AvgIpc) is 2.38. The monoisotopic (exact) mass is 320 g/mol. The van der Waals surface area contributed by atoms with Crippen LogP contribution in [-0.4, -0.2) is 37.8 Å². The highest BCUT2D eigenvalue weighted by Crippen LogP contribution is 2.24. The van der Waals surface area contributed by atoms with E-state index in [1.807, 2.05) is 6.92 Å². The number of hydrogen-bond donors (Lipinski definition) is 2. The Balaban J connectivity index is 2.74. The van der Waals surface area contributed by atoms with Crippen LogP contribution < -0.4 is 15.2 Å². The maximum Gasteiger partial charge on any atom is 0.240 e. The van der Waals surface area contributed by atoms with Gasteiger partial charge in [-0.3, -0.25) is 4.21 Å². The number of nitrogens with one attached hydrogen (secondary N) is 1. The molecule has 8 heteroatoms. The van der Waals surface area contributed by atoms with Gasteiger partial charge in [0.05, 0.1) is 17.7 Å². The van der Waals surface area contributed by atoms with Gasteiger partial charge < -0.3 is 10.5 Å². The fraction of sp³-hybridized carbons (Fsp3) is 0.500. The van der Waals surface area contributed by atoms with Gasteiger partial charge in [0.2, 0.25) is 10.0 Å². The number of anilines is 1. The molecule has 0 fully saturated rings.